The number of hydrogen-bond donors (Lipinski definition) is 0. The molecule has 1 rings (SSSR count). The third-order valence-electron chi connectivity index (χ3n) is 1.11. The van der Waals surface area contributed by atoms with E-state index in [1.165, 1.54) is 0 Å². The number of ether oxygens (including phenoxy) is 1. The van der Waals surface area contributed by atoms with Crippen molar-refractivity contribution in [2.75, 3.05) is 6.61 Å². The van der Waals surface area contributed by atoms with E-state index in [1.54, 1.807) is 18.4 Å². The molecule has 0 N–H and O–H groups in total. The van der Waals surface area contributed by atoms with Crippen molar-refractivity contribution >= 4 is 22.2 Å². The van der Waals surface area contributed by atoms with Gasteiger partial charge in [-0.3, -0.25) is 4.79 Å². The van der Waals surface area contributed by atoms with E-state index in [0.29, 0.717) is 5.75 Å². The second-order valence-corrected chi connectivity index (χ2v) is 2.80. The zero-order chi connectivity index (χ0) is 8.10. The maximum absolute atomic E-state index is 9.79. The van der Waals surface area contributed by atoms with Crippen LogP contribution in [0.15, 0.2) is 28.7 Å². The first-order valence-electron chi connectivity index (χ1n) is 3.06. The van der Waals surface area contributed by atoms with Crippen molar-refractivity contribution in [2.24, 2.45) is 0 Å². The van der Waals surface area contributed by atoms with Gasteiger partial charge < -0.3 is 4.74 Å². The van der Waals surface area contributed by atoms with Crippen molar-refractivity contribution in [3.63, 3.8) is 0 Å². The normalized spacial score (nSPS) is 9.18. The monoisotopic (exact) mass is 213 g/mol. The van der Waals surface area contributed by atoms with E-state index in [4.69, 9.17) is 4.74 Å². The van der Waals surface area contributed by atoms with Gasteiger partial charge >= 0.3 is 0 Å². The van der Waals surface area contributed by atoms with E-state index in [1.807, 2.05) is 12.1 Å². The molecule has 0 bridgehead atoms. The third-order valence-corrected chi connectivity index (χ3v) is 1.64. The summed E-state index contributed by atoms with van der Waals surface area (Å²) >= 11 is 3.28. The third kappa shape index (κ3) is 2.72. The van der Waals surface area contributed by atoms with Gasteiger partial charge in [0.2, 0.25) is 6.29 Å². The predicted octanol–water partition coefficient (Wildman–Crippen LogP) is 1.94. The molecule has 11 heavy (non-hydrogen) atoms. The molecule has 2 nitrogen and oxygen atoms in total. The second kappa shape index (κ2) is 4.13. The van der Waals surface area contributed by atoms with Crippen LogP contribution >= 0.6 is 15.9 Å². The minimum Gasteiger partial charge on any atom is -0.485 e. The Bertz CT molecular complexity index is 230. The minimum absolute atomic E-state index is 0.0123. The van der Waals surface area contributed by atoms with Crippen molar-refractivity contribution in [1.29, 1.82) is 0 Å². The molecule has 0 aliphatic heterocycles. The summed E-state index contributed by atoms with van der Waals surface area (Å²) in [6.07, 6.45) is 1.65. The highest BCUT2D eigenvalue weighted by Crippen LogP contribution is 2.15. The summed E-state index contributed by atoms with van der Waals surface area (Å²) in [5.41, 5.74) is 0. The molecule has 0 heterocycles. The summed E-state index contributed by atoms with van der Waals surface area (Å²) in [4.78, 5) is 9.79. The second-order valence-electron chi connectivity index (χ2n) is 1.89. The van der Waals surface area contributed by atoms with Gasteiger partial charge in [0, 0.05) is 4.47 Å². The van der Waals surface area contributed by atoms with Crippen LogP contribution in [0.3, 0.4) is 0 Å². The molecule has 1 aromatic rings. The maximum Gasteiger partial charge on any atom is 0.239 e. The van der Waals surface area contributed by atoms with Crippen LogP contribution in [0.4, 0.5) is 0 Å². The SMILES string of the molecule is O=[C]COc1ccc(Br)cc1. The molecule has 0 unspecified atom stereocenters. The van der Waals surface area contributed by atoms with Crippen LogP contribution < -0.4 is 4.74 Å². The Labute approximate surface area is 73.3 Å². The fraction of sp³-hybridized carbons (Fsp3) is 0.125. The highest BCUT2D eigenvalue weighted by Gasteiger charge is 1.91. The minimum atomic E-state index is -0.0123. The van der Waals surface area contributed by atoms with E-state index < -0.39 is 0 Å². The first-order chi connectivity index (χ1) is 5.33. The van der Waals surface area contributed by atoms with Gasteiger partial charge in [0.25, 0.3) is 0 Å². The van der Waals surface area contributed by atoms with Crippen LogP contribution in [-0.2, 0) is 4.79 Å². The highest BCUT2D eigenvalue weighted by molar-refractivity contribution is 9.10. The molecule has 1 aromatic carbocycles. The Balaban J connectivity index is 2.58. The molecular weight excluding hydrogens is 208 g/mol. The van der Waals surface area contributed by atoms with Gasteiger partial charge in [-0.2, -0.15) is 0 Å². The first kappa shape index (κ1) is 8.27. The van der Waals surface area contributed by atoms with Gasteiger partial charge in [-0.25, -0.2) is 0 Å². The summed E-state index contributed by atoms with van der Waals surface area (Å²) < 4.78 is 5.95. The van der Waals surface area contributed by atoms with E-state index in [9.17, 15) is 4.79 Å². The van der Waals surface area contributed by atoms with Crippen LogP contribution in [0, 0.1) is 0 Å². The molecule has 0 fully saturated rings. The summed E-state index contributed by atoms with van der Waals surface area (Å²) in [5, 5.41) is 0. The van der Waals surface area contributed by atoms with Gasteiger partial charge in [0.15, 0.2) is 6.61 Å². The molecule has 0 saturated carbocycles. The van der Waals surface area contributed by atoms with Crippen LogP contribution in [0.25, 0.3) is 0 Å². The Kier molecular flexibility index (Phi) is 3.11. The number of benzene rings is 1. The fourth-order valence-corrected chi connectivity index (χ4v) is 0.908. The van der Waals surface area contributed by atoms with Crippen LogP contribution in [0.1, 0.15) is 0 Å². The molecule has 0 aromatic heterocycles. The molecule has 1 radical (unpaired) electrons. The van der Waals surface area contributed by atoms with Gasteiger partial charge in [-0.15, -0.1) is 0 Å². The number of rotatable bonds is 3. The Morgan fingerprint density at radius 2 is 2.00 bits per heavy atom. The van der Waals surface area contributed by atoms with Gasteiger partial charge in [0.05, 0.1) is 0 Å². The smallest absolute Gasteiger partial charge is 0.239 e. The van der Waals surface area contributed by atoms with Crippen molar-refractivity contribution in [3.05, 3.63) is 28.7 Å². The summed E-state index contributed by atoms with van der Waals surface area (Å²) in [6.45, 7) is -0.0123. The zero-order valence-corrected chi connectivity index (χ0v) is 7.30. The van der Waals surface area contributed by atoms with E-state index in [-0.39, 0.29) is 6.61 Å². The zero-order valence-electron chi connectivity index (χ0n) is 5.71. The standard InChI is InChI=1S/C8H6BrO2/c9-7-1-3-8(4-2-7)11-6-5-10/h1-4H,6H2. The first-order valence-corrected chi connectivity index (χ1v) is 3.85. The lowest BCUT2D eigenvalue weighted by molar-refractivity contribution is 0.365. The molecule has 57 valence electrons. The summed E-state index contributed by atoms with van der Waals surface area (Å²) in [5.74, 6) is 0.677. The number of carbonyl (C=O) groups excluding carboxylic acids is 1. The van der Waals surface area contributed by atoms with E-state index in [0.717, 1.165) is 4.47 Å². The molecule has 3 heteroatoms. The predicted molar refractivity (Wildman–Crippen MR) is 45.3 cm³/mol. The molecule has 0 amide bonds. The molecule has 0 aliphatic carbocycles. The van der Waals surface area contributed by atoms with Crippen molar-refractivity contribution in [2.45, 2.75) is 0 Å². The number of halogens is 1. The fourth-order valence-electron chi connectivity index (χ4n) is 0.644. The molecular formula is C8H6BrO2. The molecule has 0 spiro atoms. The average molecular weight is 214 g/mol. The largest absolute Gasteiger partial charge is 0.485 e. The summed E-state index contributed by atoms with van der Waals surface area (Å²) in [7, 11) is 0. The maximum atomic E-state index is 9.79. The van der Waals surface area contributed by atoms with Crippen LogP contribution in [0.5, 0.6) is 5.75 Å². The van der Waals surface area contributed by atoms with Crippen LogP contribution in [-0.4, -0.2) is 12.9 Å². The Morgan fingerprint density at radius 1 is 1.36 bits per heavy atom. The topological polar surface area (TPSA) is 26.3 Å². The number of hydrogen-bond acceptors (Lipinski definition) is 2. The van der Waals surface area contributed by atoms with Gasteiger partial charge in [-0.05, 0) is 24.3 Å². The highest BCUT2D eigenvalue weighted by atomic mass is 79.9. The van der Waals surface area contributed by atoms with Gasteiger partial charge in [0.1, 0.15) is 5.75 Å². The summed E-state index contributed by atoms with van der Waals surface area (Å²) in [6, 6.07) is 7.25. The van der Waals surface area contributed by atoms with Crippen molar-refractivity contribution in [1.82, 2.24) is 0 Å². The average Bonchev–Trinajstić information content (AvgIpc) is 2.04. The lowest BCUT2D eigenvalue weighted by atomic mass is 10.3. The van der Waals surface area contributed by atoms with Crippen molar-refractivity contribution < 1.29 is 9.53 Å². The molecule has 0 saturated heterocycles. The van der Waals surface area contributed by atoms with Crippen molar-refractivity contribution in [3.8, 4) is 5.75 Å². The van der Waals surface area contributed by atoms with E-state index >= 15 is 0 Å². The van der Waals surface area contributed by atoms with Gasteiger partial charge in [-0.1, -0.05) is 15.9 Å². The lowest BCUT2D eigenvalue weighted by Gasteiger charge is -1.99. The Morgan fingerprint density at radius 3 is 2.55 bits per heavy atom. The molecule has 0 aliphatic rings. The molecule has 0 atom stereocenters. The quantitative estimate of drug-likeness (QED) is 0.768. The lowest BCUT2D eigenvalue weighted by Crippen LogP contribution is -1.96. The van der Waals surface area contributed by atoms with Crippen LogP contribution in [0.2, 0.25) is 0 Å². The van der Waals surface area contributed by atoms with E-state index in [2.05, 4.69) is 15.9 Å². The Hall–Kier alpha value is -0.830.